The van der Waals surface area contributed by atoms with Gasteiger partial charge in [-0.3, -0.25) is 0 Å². The van der Waals surface area contributed by atoms with Crippen molar-refractivity contribution in [3.05, 3.63) is 73.1 Å². The number of hydrogen-bond acceptors (Lipinski definition) is 6. The molecule has 0 spiro atoms. The zero-order valence-corrected chi connectivity index (χ0v) is 18.0. The third-order valence-corrected chi connectivity index (χ3v) is 5.39. The molecule has 0 aliphatic carbocycles. The minimum absolute atomic E-state index is 0.540. The van der Waals surface area contributed by atoms with Crippen molar-refractivity contribution in [2.45, 2.75) is 0 Å². The van der Waals surface area contributed by atoms with Crippen molar-refractivity contribution in [3.63, 3.8) is 0 Å². The average Bonchev–Trinajstić information content (AvgIpc) is 3.26. The maximum absolute atomic E-state index is 5.45. The normalized spacial score (nSPS) is 11.0. The zero-order chi connectivity index (χ0) is 22.1. The maximum atomic E-state index is 5.45. The van der Waals surface area contributed by atoms with Crippen LogP contribution in [-0.2, 0) is 0 Å². The maximum Gasteiger partial charge on any atom is 0.203 e. The van der Waals surface area contributed by atoms with Crippen LogP contribution in [0.2, 0.25) is 0 Å². The summed E-state index contributed by atoms with van der Waals surface area (Å²) in [7, 11) is 4.76. The van der Waals surface area contributed by atoms with Crippen LogP contribution in [0.3, 0.4) is 0 Å². The molecule has 0 aliphatic rings. The highest BCUT2D eigenvalue weighted by Gasteiger charge is 2.15. The number of methoxy groups -OCH3 is 3. The van der Waals surface area contributed by atoms with E-state index in [9.17, 15) is 0 Å². The van der Waals surface area contributed by atoms with Gasteiger partial charge in [0.1, 0.15) is 5.82 Å². The quantitative estimate of drug-likeness (QED) is 0.396. The summed E-state index contributed by atoms with van der Waals surface area (Å²) in [4.78, 5) is 4.84. The Balaban J connectivity index is 1.58. The fraction of sp³-hybridized carbons (Fsp3) is 0.120. The smallest absolute Gasteiger partial charge is 0.203 e. The van der Waals surface area contributed by atoms with Crippen molar-refractivity contribution in [1.82, 2.24) is 14.6 Å². The van der Waals surface area contributed by atoms with Crippen LogP contribution >= 0.6 is 0 Å². The van der Waals surface area contributed by atoms with Crippen LogP contribution in [0.5, 0.6) is 17.2 Å². The molecule has 0 unspecified atom stereocenters. The number of fused-ring (bicyclic) bond motifs is 2. The highest BCUT2D eigenvalue weighted by Crippen LogP contribution is 2.40. The van der Waals surface area contributed by atoms with Crippen molar-refractivity contribution >= 4 is 27.9 Å². The second kappa shape index (κ2) is 8.11. The first kappa shape index (κ1) is 19.7. The number of nitrogens with one attached hydrogen (secondary N) is 1. The van der Waals surface area contributed by atoms with Gasteiger partial charge in [-0.2, -0.15) is 5.10 Å². The Labute approximate surface area is 185 Å². The molecular weight excluding hydrogens is 404 g/mol. The van der Waals surface area contributed by atoms with Crippen molar-refractivity contribution < 1.29 is 14.2 Å². The number of nitrogens with zero attached hydrogens (tertiary/aromatic N) is 3. The lowest BCUT2D eigenvalue weighted by Gasteiger charge is -2.15. The predicted octanol–water partition coefficient (Wildman–Crippen LogP) is 5.32. The van der Waals surface area contributed by atoms with Gasteiger partial charge in [0.25, 0.3) is 0 Å². The van der Waals surface area contributed by atoms with E-state index in [1.807, 2.05) is 42.7 Å². The second-order valence-electron chi connectivity index (χ2n) is 7.20. The third kappa shape index (κ3) is 3.33. The minimum atomic E-state index is 0.540. The van der Waals surface area contributed by atoms with E-state index in [1.54, 1.807) is 25.8 Å². The van der Waals surface area contributed by atoms with Crippen LogP contribution in [0.4, 0.5) is 11.5 Å². The Morgan fingerprint density at radius 2 is 1.56 bits per heavy atom. The first-order valence-electron chi connectivity index (χ1n) is 10.1. The Morgan fingerprint density at radius 3 is 2.31 bits per heavy atom. The summed E-state index contributed by atoms with van der Waals surface area (Å²) in [6, 6.07) is 20.1. The summed E-state index contributed by atoms with van der Waals surface area (Å²) in [5.41, 5.74) is 3.59. The molecule has 0 aliphatic heterocycles. The van der Waals surface area contributed by atoms with E-state index in [0.29, 0.717) is 23.1 Å². The van der Waals surface area contributed by atoms with E-state index in [2.05, 4.69) is 40.7 Å². The third-order valence-electron chi connectivity index (χ3n) is 5.39. The fourth-order valence-electron chi connectivity index (χ4n) is 3.89. The highest BCUT2D eigenvalue weighted by molar-refractivity contribution is 5.99. The van der Waals surface area contributed by atoms with Crippen molar-refractivity contribution in [3.8, 4) is 28.4 Å². The van der Waals surface area contributed by atoms with Gasteiger partial charge in [0.15, 0.2) is 17.1 Å². The molecule has 0 saturated heterocycles. The Bertz CT molecular complexity index is 1400. The molecule has 1 N–H and O–H groups in total. The molecule has 2 heterocycles. The molecule has 2 aromatic heterocycles. The highest BCUT2D eigenvalue weighted by atomic mass is 16.5. The van der Waals surface area contributed by atoms with Gasteiger partial charge < -0.3 is 19.5 Å². The van der Waals surface area contributed by atoms with Gasteiger partial charge >= 0.3 is 0 Å². The number of rotatable bonds is 6. The predicted molar refractivity (Wildman–Crippen MR) is 125 cm³/mol. The van der Waals surface area contributed by atoms with Crippen LogP contribution in [0.25, 0.3) is 27.5 Å². The molecular formula is C25H22N4O3. The number of aromatic nitrogens is 3. The van der Waals surface area contributed by atoms with Gasteiger partial charge in [-0.05, 0) is 22.4 Å². The van der Waals surface area contributed by atoms with Crippen LogP contribution in [0.1, 0.15) is 0 Å². The van der Waals surface area contributed by atoms with Crippen molar-refractivity contribution in [1.29, 1.82) is 0 Å². The number of anilines is 2. The second-order valence-corrected chi connectivity index (χ2v) is 7.20. The molecule has 32 heavy (non-hydrogen) atoms. The molecule has 0 saturated carbocycles. The standard InChI is InChI=1S/C25H22N4O3/c1-30-21-13-17(14-22(31-2)24(21)32-3)27-23-11-12-29-25(28-23)20(15-26-29)19-10-6-8-16-7-4-5-9-18(16)19/h4-15H,1-3H3,(H,27,28). The molecule has 5 rings (SSSR count). The first-order chi connectivity index (χ1) is 15.7. The summed E-state index contributed by atoms with van der Waals surface area (Å²) in [5.74, 6) is 2.35. The molecule has 0 amide bonds. The van der Waals surface area contributed by atoms with E-state index < -0.39 is 0 Å². The molecule has 5 aromatic rings. The summed E-state index contributed by atoms with van der Waals surface area (Å²) < 4.78 is 18.1. The lowest BCUT2D eigenvalue weighted by Crippen LogP contribution is -2.00. The van der Waals surface area contributed by atoms with Crippen LogP contribution in [0, 0.1) is 0 Å². The molecule has 160 valence electrons. The van der Waals surface area contributed by atoms with Crippen LogP contribution < -0.4 is 19.5 Å². The molecule has 0 bridgehead atoms. The summed E-state index contributed by atoms with van der Waals surface area (Å²) in [5, 5.41) is 10.2. The van der Waals surface area contributed by atoms with Gasteiger partial charge in [-0.15, -0.1) is 0 Å². The molecule has 7 nitrogen and oxygen atoms in total. The van der Waals surface area contributed by atoms with Gasteiger partial charge in [0.05, 0.1) is 27.5 Å². The largest absolute Gasteiger partial charge is 0.493 e. The van der Waals surface area contributed by atoms with Crippen LogP contribution in [-0.4, -0.2) is 35.9 Å². The number of hydrogen-bond donors (Lipinski definition) is 1. The van der Waals surface area contributed by atoms with Gasteiger partial charge in [-0.25, -0.2) is 9.50 Å². The lowest BCUT2D eigenvalue weighted by atomic mass is 10.0. The average molecular weight is 426 g/mol. The zero-order valence-electron chi connectivity index (χ0n) is 18.0. The molecule has 7 heteroatoms. The van der Waals surface area contributed by atoms with E-state index in [-0.39, 0.29) is 0 Å². The number of benzene rings is 3. The Morgan fingerprint density at radius 1 is 0.812 bits per heavy atom. The fourth-order valence-corrected chi connectivity index (χ4v) is 3.89. The van der Waals surface area contributed by atoms with E-state index >= 15 is 0 Å². The molecule has 0 fully saturated rings. The summed E-state index contributed by atoms with van der Waals surface area (Å²) >= 11 is 0. The van der Waals surface area contributed by atoms with Crippen molar-refractivity contribution in [2.75, 3.05) is 26.6 Å². The molecule has 0 atom stereocenters. The number of ether oxygens (including phenoxy) is 3. The van der Waals surface area contributed by atoms with Crippen LogP contribution in [0.15, 0.2) is 73.1 Å². The molecule has 0 radical (unpaired) electrons. The van der Waals surface area contributed by atoms with Gasteiger partial charge in [-0.1, -0.05) is 42.5 Å². The minimum Gasteiger partial charge on any atom is -0.493 e. The summed E-state index contributed by atoms with van der Waals surface area (Å²) in [6.07, 6.45) is 3.74. The Hall–Kier alpha value is -4.26. The van der Waals surface area contributed by atoms with E-state index in [1.165, 1.54) is 5.39 Å². The Kier molecular flexibility index (Phi) is 4.99. The van der Waals surface area contributed by atoms with E-state index in [4.69, 9.17) is 19.2 Å². The van der Waals surface area contributed by atoms with Gasteiger partial charge in [0.2, 0.25) is 5.75 Å². The summed E-state index contributed by atoms with van der Waals surface area (Å²) in [6.45, 7) is 0. The molecule has 3 aromatic carbocycles. The van der Waals surface area contributed by atoms with E-state index in [0.717, 1.165) is 27.8 Å². The lowest BCUT2D eigenvalue weighted by molar-refractivity contribution is 0.324. The monoisotopic (exact) mass is 426 g/mol. The first-order valence-corrected chi connectivity index (χ1v) is 10.1. The topological polar surface area (TPSA) is 69.9 Å². The van der Waals surface area contributed by atoms with Gasteiger partial charge in [0, 0.05) is 29.6 Å². The van der Waals surface area contributed by atoms with Crippen molar-refractivity contribution in [2.24, 2.45) is 0 Å². The SMILES string of the molecule is COc1cc(Nc2ccn3ncc(-c4cccc5ccccc45)c3n2)cc(OC)c1OC.